The normalized spacial score (nSPS) is 12.7. The van der Waals surface area contributed by atoms with E-state index in [1.807, 2.05) is 32.0 Å². The van der Waals surface area contributed by atoms with E-state index in [0.717, 1.165) is 5.69 Å². The van der Waals surface area contributed by atoms with Crippen molar-refractivity contribution >= 4 is 0 Å². The van der Waals surface area contributed by atoms with Crippen LogP contribution < -0.4 is 20.7 Å². The Kier molecular flexibility index (Phi) is 4.06. The van der Waals surface area contributed by atoms with Gasteiger partial charge in [0.2, 0.25) is 6.79 Å². The number of nitrogens with one attached hydrogen (secondary N) is 1. The van der Waals surface area contributed by atoms with Crippen molar-refractivity contribution in [2.24, 2.45) is 0 Å². The van der Waals surface area contributed by atoms with Crippen LogP contribution in [0.4, 0.5) is 0 Å². The van der Waals surface area contributed by atoms with Gasteiger partial charge in [0.05, 0.1) is 12.2 Å². The molecule has 9 heteroatoms. The molecule has 3 aromatic rings. The predicted octanol–water partition coefficient (Wildman–Crippen LogP) is 1.33. The van der Waals surface area contributed by atoms with Crippen LogP contribution in [0, 0.1) is 6.92 Å². The van der Waals surface area contributed by atoms with Gasteiger partial charge in [0.15, 0.2) is 23.1 Å². The number of rotatable bonds is 4. The van der Waals surface area contributed by atoms with Crippen molar-refractivity contribution < 1.29 is 9.47 Å². The minimum Gasteiger partial charge on any atom is -0.454 e. The van der Waals surface area contributed by atoms with Crippen molar-refractivity contribution in [1.82, 2.24) is 24.3 Å². The molecule has 0 spiro atoms. The molecule has 0 saturated heterocycles. The number of H-pyrrole nitrogens is 1. The largest absolute Gasteiger partial charge is 0.454 e. The monoisotopic (exact) mass is 369 g/mol. The summed E-state index contributed by atoms with van der Waals surface area (Å²) in [7, 11) is 0. The van der Waals surface area contributed by atoms with Crippen molar-refractivity contribution in [3.63, 3.8) is 0 Å². The number of benzene rings is 1. The maximum Gasteiger partial charge on any atom is 0.328 e. The van der Waals surface area contributed by atoms with E-state index in [4.69, 9.17) is 9.47 Å². The number of aromatic amines is 1. The molecule has 9 nitrogen and oxygen atoms in total. The number of aromatic nitrogens is 5. The lowest BCUT2D eigenvalue weighted by Gasteiger charge is -2.09. The molecule has 2 aromatic heterocycles. The molecule has 4 rings (SSSR count). The summed E-state index contributed by atoms with van der Waals surface area (Å²) >= 11 is 0. The van der Waals surface area contributed by atoms with Crippen LogP contribution in [0.1, 0.15) is 37.0 Å². The molecule has 1 aliphatic rings. The molecule has 1 N–H and O–H groups in total. The van der Waals surface area contributed by atoms with Crippen LogP contribution in [-0.2, 0) is 6.54 Å². The molecule has 27 heavy (non-hydrogen) atoms. The first kappa shape index (κ1) is 17.1. The minimum absolute atomic E-state index is 0.119. The van der Waals surface area contributed by atoms with E-state index in [2.05, 4.69) is 15.1 Å². The van der Waals surface area contributed by atoms with E-state index < -0.39 is 11.2 Å². The SMILES string of the molecule is Cc1cn(Cc2nc(C(C)C)nn2-c2ccc3c(c2)OCO3)c(=O)[nH]c1=O. The van der Waals surface area contributed by atoms with Crippen molar-refractivity contribution in [2.75, 3.05) is 6.79 Å². The van der Waals surface area contributed by atoms with E-state index in [9.17, 15) is 9.59 Å². The topological polar surface area (TPSA) is 104 Å². The van der Waals surface area contributed by atoms with Gasteiger partial charge >= 0.3 is 5.69 Å². The highest BCUT2D eigenvalue weighted by molar-refractivity contribution is 5.50. The zero-order chi connectivity index (χ0) is 19.1. The first-order valence-electron chi connectivity index (χ1n) is 8.58. The van der Waals surface area contributed by atoms with Gasteiger partial charge in [-0.2, -0.15) is 5.10 Å². The van der Waals surface area contributed by atoms with Gasteiger partial charge in [0, 0.05) is 23.7 Å². The zero-order valence-electron chi connectivity index (χ0n) is 15.2. The Morgan fingerprint density at radius 3 is 2.78 bits per heavy atom. The fourth-order valence-corrected chi connectivity index (χ4v) is 2.82. The standard InChI is InChI=1S/C18H19N5O4/c1-10(2)16-19-15(8-22-7-11(3)17(24)20-18(22)25)23(21-16)12-4-5-13-14(6-12)27-9-26-13/h4-7,10H,8-9H2,1-3H3,(H,20,24,25). The Balaban J connectivity index is 1.80. The van der Waals surface area contributed by atoms with E-state index in [0.29, 0.717) is 28.7 Å². The number of aryl methyl sites for hydroxylation is 1. The summed E-state index contributed by atoms with van der Waals surface area (Å²) in [6, 6.07) is 5.50. The number of hydrogen-bond donors (Lipinski definition) is 1. The second kappa shape index (κ2) is 6.42. The molecule has 0 saturated carbocycles. The molecule has 0 fully saturated rings. The van der Waals surface area contributed by atoms with Gasteiger partial charge in [-0.25, -0.2) is 14.5 Å². The second-order valence-electron chi connectivity index (χ2n) is 6.69. The lowest BCUT2D eigenvalue weighted by molar-refractivity contribution is 0.174. The lowest BCUT2D eigenvalue weighted by Crippen LogP contribution is -2.31. The third-order valence-corrected chi connectivity index (χ3v) is 4.31. The molecule has 0 aliphatic carbocycles. The first-order valence-corrected chi connectivity index (χ1v) is 8.58. The van der Waals surface area contributed by atoms with Crippen molar-refractivity contribution in [3.8, 4) is 17.2 Å². The molecule has 0 amide bonds. The minimum atomic E-state index is -0.489. The van der Waals surface area contributed by atoms with Crippen molar-refractivity contribution in [2.45, 2.75) is 33.2 Å². The summed E-state index contributed by atoms with van der Waals surface area (Å²) in [6.07, 6.45) is 1.52. The molecular formula is C18H19N5O4. The van der Waals surface area contributed by atoms with Gasteiger partial charge in [-0.05, 0) is 19.1 Å². The molecule has 0 radical (unpaired) electrons. The molecule has 0 bridgehead atoms. The Labute approximate surface area is 154 Å². The molecule has 3 heterocycles. The van der Waals surface area contributed by atoms with E-state index in [-0.39, 0.29) is 19.3 Å². The third-order valence-electron chi connectivity index (χ3n) is 4.31. The highest BCUT2D eigenvalue weighted by Crippen LogP contribution is 2.33. The summed E-state index contributed by atoms with van der Waals surface area (Å²) in [5, 5.41) is 4.59. The predicted molar refractivity (Wildman–Crippen MR) is 96.7 cm³/mol. The summed E-state index contributed by atoms with van der Waals surface area (Å²) < 4.78 is 13.9. The summed E-state index contributed by atoms with van der Waals surface area (Å²) in [4.78, 5) is 30.7. The number of hydrogen-bond acceptors (Lipinski definition) is 6. The van der Waals surface area contributed by atoms with Crippen LogP contribution in [-0.4, -0.2) is 31.1 Å². The zero-order valence-corrected chi connectivity index (χ0v) is 15.2. The van der Waals surface area contributed by atoms with Crippen molar-refractivity contribution in [3.05, 3.63) is 62.4 Å². The highest BCUT2D eigenvalue weighted by Gasteiger charge is 2.19. The molecule has 1 aromatic carbocycles. The summed E-state index contributed by atoms with van der Waals surface area (Å²) in [5.41, 5.74) is 0.323. The molecule has 140 valence electrons. The number of fused-ring (bicyclic) bond motifs is 1. The highest BCUT2D eigenvalue weighted by atomic mass is 16.7. The number of nitrogens with zero attached hydrogens (tertiary/aromatic N) is 4. The van der Waals surface area contributed by atoms with E-state index >= 15 is 0 Å². The fraction of sp³-hybridized carbons (Fsp3) is 0.333. The average Bonchev–Trinajstić information content (AvgIpc) is 3.25. The van der Waals surface area contributed by atoms with Crippen LogP contribution in [0.25, 0.3) is 5.69 Å². The van der Waals surface area contributed by atoms with Gasteiger partial charge in [0.1, 0.15) is 0 Å². The van der Waals surface area contributed by atoms with Gasteiger partial charge in [0.25, 0.3) is 5.56 Å². The van der Waals surface area contributed by atoms with E-state index in [1.165, 1.54) is 10.8 Å². The average molecular weight is 369 g/mol. The number of ether oxygens (including phenoxy) is 2. The van der Waals surface area contributed by atoms with Crippen LogP contribution in [0.15, 0.2) is 34.0 Å². The third kappa shape index (κ3) is 3.12. The Hall–Kier alpha value is -3.36. The van der Waals surface area contributed by atoms with Gasteiger partial charge in [-0.3, -0.25) is 14.3 Å². The Morgan fingerprint density at radius 1 is 1.22 bits per heavy atom. The smallest absolute Gasteiger partial charge is 0.328 e. The molecule has 0 unspecified atom stereocenters. The molecular weight excluding hydrogens is 350 g/mol. The van der Waals surface area contributed by atoms with Crippen LogP contribution in [0.2, 0.25) is 0 Å². The van der Waals surface area contributed by atoms with Gasteiger partial charge in [-0.1, -0.05) is 13.8 Å². The van der Waals surface area contributed by atoms with Crippen molar-refractivity contribution in [1.29, 1.82) is 0 Å². The Bertz CT molecular complexity index is 1130. The van der Waals surface area contributed by atoms with Gasteiger partial charge in [-0.15, -0.1) is 0 Å². The van der Waals surface area contributed by atoms with Crippen LogP contribution in [0.3, 0.4) is 0 Å². The van der Waals surface area contributed by atoms with Gasteiger partial charge < -0.3 is 9.47 Å². The summed E-state index contributed by atoms with van der Waals surface area (Å²) in [6.45, 7) is 6.01. The second-order valence-corrected chi connectivity index (χ2v) is 6.69. The van der Waals surface area contributed by atoms with E-state index in [1.54, 1.807) is 11.6 Å². The molecule has 1 aliphatic heterocycles. The first-order chi connectivity index (χ1) is 12.9. The maximum atomic E-state index is 12.2. The van der Waals surface area contributed by atoms with Crippen LogP contribution in [0.5, 0.6) is 11.5 Å². The maximum absolute atomic E-state index is 12.2. The Morgan fingerprint density at radius 2 is 2.00 bits per heavy atom. The molecule has 0 atom stereocenters. The summed E-state index contributed by atoms with van der Waals surface area (Å²) in [5.74, 6) is 2.67. The lowest BCUT2D eigenvalue weighted by atomic mass is 10.2. The quantitative estimate of drug-likeness (QED) is 0.744. The van der Waals surface area contributed by atoms with Crippen LogP contribution >= 0.6 is 0 Å². The fourth-order valence-electron chi connectivity index (χ4n) is 2.82.